The zero-order valence-electron chi connectivity index (χ0n) is 12.6. The minimum absolute atomic E-state index is 0.108. The molecule has 0 spiro atoms. The van der Waals surface area contributed by atoms with E-state index in [9.17, 15) is 4.79 Å². The lowest BCUT2D eigenvalue weighted by Gasteiger charge is -2.16. The van der Waals surface area contributed by atoms with Crippen molar-refractivity contribution in [2.45, 2.75) is 31.2 Å². The van der Waals surface area contributed by atoms with Crippen LogP contribution in [0.25, 0.3) is 0 Å². The number of para-hydroxylation sites is 1. The molecule has 4 heteroatoms. The largest absolute Gasteiger partial charge is 0.322 e. The van der Waals surface area contributed by atoms with Crippen LogP contribution < -0.4 is 5.32 Å². The van der Waals surface area contributed by atoms with Gasteiger partial charge in [-0.15, -0.1) is 11.8 Å². The SMILES string of the molecule is CCC(C)c1ccccc1NC(=O)c1cccnc1SC. The number of pyridine rings is 1. The summed E-state index contributed by atoms with van der Waals surface area (Å²) < 4.78 is 0. The molecule has 1 atom stereocenters. The highest BCUT2D eigenvalue weighted by Crippen LogP contribution is 2.27. The van der Waals surface area contributed by atoms with Crippen LogP contribution in [-0.4, -0.2) is 17.1 Å². The molecule has 0 fully saturated rings. The lowest BCUT2D eigenvalue weighted by Crippen LogP contribution is -2.15. The number of nitrogens with zero attached hydrogens (tertiary/aromatic N) is 1. The topological polar surface area (TPSA) is 42.0 Å². The summed E-state index contributed by atoms with van der Waals surface area (Å²) in [4.78, 5) is 16.7. The number of carbonyl (C=O) groups excluding carboxylic acids is 1. The number of rotatable bonds is 5. The fraction of sp³-hybridized carbons (Fsp3) is 0.294. The summed E-state index contributed by atoms with van der Waals surface area (Å²) in [6.45, 7) is 4.32. The molecule has 0 saturated carbocycles. The second kappa shape index (κ2) is 7.27. The number of anilines is 1. The molecular weight excluding hydrogens is 280 g/mol. The second-order valence-corrected chi connectivity index (χ2v) is 5.71. The van der Waals surface area contributed by atoms with Gasteiger partial charge in [0.15, 0.2) is 0 Å². The van der Waals surface area contributed by atoms with E-state index in [0.29, 0.717) is 11.5 Å². The Labute approximate surface area is 130 Å². The molecule has 1 amide bonds. The van der Waals surface area contributed by atoms with Crippen molar-refractivity contribution in [3.05, 3.63) is 53.7 Å². The van der Waals surface area contributed by atoms with Crippen molar-refractivity contribution in [3.8, 4) is 0 Å². The Morgan fingerprint density at radius 1 is 1.29 bits per heavy atom. The van der Waals surface area contributed by atoms with Crippen molar-refractivity contribution < 1.29 is 4.79 Å². The normalized spacial score (nSPS) is 12.0. The summed E-state index contributed by atoms with van der Waals surface area (Å²) in [6.07, 6.45) is 4.66. The number of thioether (sulfide) groups is 1. The number of hydrogen-bond acceptors (Lipinski definition) is 3. The fourth-order valence-electron chi connectivity index (χ4n) is 2.18. The van der Waals surface area contributed by atoms with Gasteiger partial charge in [0, 0.05) is 11.9 Å². The summed E-state index contributed by atoms with van der Waals surface area (Å²) in [7, 11) is 0. The Balaban J connectivity index is 2.28. The molecule has 2 aromatic rings. The average molecular weight is 300 g/mol. The Morgan fingerprint density at radius 3 is 2.76 bits per heavy atom. The van der Waals surface area contributed by atoms with Crippen LogP contribution in [0.1, 0.15) is 42.1 Å². The van der Waals surface area contributed by atoms with E-state index in [1.165, 1.54) is 17.3 Å². The van der Waals surface area contributed by atoms with Crippen LogP contribution in [0.15, 0.2) is 47.6 Å². The third kappa shape index (κ3) is 3.64. The maximum atomic E-state index is 12.5. The number of amides is 1. The first-order valence-electron chi connectivity index (χ1n) is 7.06. The molecule has 0 aliphatic rings. The van der Waals surface area contributed by atoms with Crippen LogP contribution in [-0.2, 0) is 0 Å². The van der Waals surface area contributed by atoms with Crippen molar-refractivity contribution in [1.29, 1.82) is 0 Å². The minimum Gasteiger partial charge on any atom is -0.322 e. The quantitative estimate of drug-likeness (QED) is 0.822. The highest BCUT2D eigenvalue weighted by molar-refractivity contribution is 7.98. The smallest absolute Gasteiger partial charge is 0.258 e. The molecule has 1 unspecified atom stereocenters. The minimum atomic E-state index is -0.108. The third-order valence-corrected chi connectivity index (χ3v) is 4.27. The van der Waals surface area contributed by atoms with Crippen LogP contribution in [0.3, 0.4) is 0 Å². The van der Waals surface area contributed by atoms with Gasteiger partial charge in [0.05, 0.1) is 5.56 Å². The molecule has 0 bridgehead atoms. The van der Waals surface area contributed by atoms with Gasteiger partial charge in [-0.2, -0.15) is 0 Å². The van der Waals surface area contributed by atoms with Crippen LogP contribution in [0.2, 0.25) is 0 Å². The van der Waals surface area contributed by atoms with Gasteiger partial charge in [-0.05, 0) is 42.4 Å². The molecule has 21 heavy (non-hydrogen) atoms. The number of nitrogens with one attached hydrogen (secondary N) is 1. The van der Waals surface area contributed by atoms with Crippen molar-refractivity contribution in [1.82, 2.24) is 4.98 Å². The first kappa shape index (κ1) is 15.6. The van der Waals surface area contributed by atoms with E-state index in [2.05, 4.69) is 30.2 Å². The number of aromatic nitrogens is 1. The highest BCUT2D eigenvalue weighted by Gasteiger charge is 2.15. The third-order valence-electron chi connectivity index (χ3n) is 3.56. The van der Waals surface area contributed by atoms with Crippen molar-refractivity contribution in [3.63, 3.8) is 0 Å². The summed E-state index contributed by atoms with van der Waals surface area (Å²) >= 11 is 1.48. The summed E-state index contributed by atoms with van der Waals surface area (Å²) in [6, 6.07) is 11.6. The standard InChI is InChI=1S/C17H20N2OS/c1-4-12(2)13-8-5-6-10-15(13)19-16(20)14-9-7-11-18-17(14)21-3/h5-12H,4H2,1-3H3,(H,19,20). The molecule has 3 nitrogen and oxygen atoms in total. The van der Waals surface area contributed by atoms with Crippen molar-refractivity contribution in [2.24, 2.45) is 0 Å². The molecule has 110 valence electrons. The molecule has 0 radical (unpaired) electrons. The van der Waals surface area contributed by atoms with E-state index in [-0.39, 0.29) is 5.91 Å². The van der Waals surface area contributed by atoms with Gasteiger partial charge >= 0.3 is 0 Å². The van der Waals surface area contributed by atoms with Crippen LogP contribution in [0.5, 0.6) is 0 Å². The Bertz CT molecular complexity index is 628. The summed E-state index contributed by atoms with van der Waals surface area (Å²) in [5, 5.41) is 3.77. The average Bonchev–Trinajstić information content (AvgIpc) is 2.54. The maximum absolute atomic E-state index is 12.5. The monoisotopic (exact) mass is 300 g/mol. The summed E-state index contributed by atoms with van der Waals surface area (Å²) in [5.74, 6) is 0.304. The van der Waals surface area contributed by atoms with Crippen LogP contribution in [0, 0.1) is 0 Å². The fourth-order valence-corrected chi connectivity index (χ4v) is 2.72. The van der Waals surface area contributed by atoms with E-state index in [0.717, 1.165) is 17.1 Å². The Morgan fingerprint density at radius 2 is 2.05 bits per heavy atom. The van der Waals surface area contributed by atoms with Gasteiger partial charge in [0.1, 0.15) is 5.03 Å². The predicted molar refractivity (Wildman–Crippen MR) is 89.1 cm³/mol. The van der Waals surface area contributed by atoms with Gasteiger partial charge < -0.3 is 5.32 Å². The van der Waals surface area contributed by atoms with E-state index in [1.807, 2.05) is 24.5 Å². The molecule has 1 aromatic carbocycles. The summed E-state index contributed by atoms with van der Waals surface area (Å²) in [5.41, 5.74) is 2.67. The number of carbonyl (C=O) groups is 1. The molecule has 1 aromatic heterocycles. The maximum Gasteiger partial charge on any atom is 0.258 e. The van der Waals surface area contributed by atoms with E-state index in [1.54, 1.807) is 18.3 Å². The van der Waals surface area contributed by atoms with Gasteiger partial charge in [0.2, 0.25) is 0 Å². The zero-order chi connectivity index (χ0) is 15.2. The van der Waals surface area contributed by atoms with E-state index in [4.69, 9.17) is 0 Å². The molecule has 0 aliphatic heterocycles. The molecule has 1 N–H and O–H groups in total. The van der Waals surface area contributed by atoms with Gasteiger partial charge in [0.25, 0.3) is 5.91 Å². The lowest BCUT2D eigenvalue weighted by atomic mass is 9.97. The lowest BCUT2D eigenvalue weighted by molar-refractivity contribution is 0.102. The Kier molecular flexibility index (Phi) is 5.39. The zero-order valence-corrected chi connectivity index (χ0v) is 13.4. The van der Waals surface area contributed by atoms with E-state index >= 15 is 0 Å². The second-order valence-electron chi connectivity index (χ2n) is 4.91. The molecule has 0 aliphatic carbocycles. The van der Waals surface area contributed by atoms with Crippen LogP contribution >= 0.6 is 11.8 Å². The number of hydrogen-bond donors (Lipinski definition) is 1. The molecule has 0 saturated heterocycles. The van der Waals surface area contributed by atoms with Gasteiger partial charge in [-0.1, -0.05) is 32.0 Å². The van der Waals surface area contributed by atoms with Crippen LogP contribution in [0.4, 0.5) is 5.69 Å². The Hall–Kier alpha value is -1.81. The van der Waals surface area contributed by atoms with Crippen molar-refractivity contribution >= 4 is 23.4 Å². The highest BCUT2D eigenvalue weighted by atomic mass is 32.2. The first-order chi connectivity index (χ1) is 10.2. The first-order valence-corrected chi connectivity index (χ1v) is 8.29. The van der Waals surface area contributed by atoms with Gasteiger partial charge in [-0.3, -0.25) is 4.79 Å². The van der Waals surface area contributed by atoms with E-state index < -0.39 is 0 Å². The predicted octanol–water partition coefficient (Wildman–Crippen LogP) is 4.57. The van der Waals surface area contributed by atoms with Crippen molar-refractivity contribution in [2.75, 3.05) is 11.6 Å². The number of benzene rings is 1. The molecule has 2 rings (SSSR count). The van der Waals surface area contributed by atoms with Gasteiger partial charge in [-0.25, -0.2) is 4.98 Å². The molecule has 1 heterocycles. The molecular formula is C17H20N2OS.